The van der Waals surface area contributed by atoms with Crippen molar-refractivity contribution in [1.82, 2.24) is 4.98 Å². The molecule has 0 atom stereocenters. The fourth-order valence-corrected chi connectivity index (χ4v) is 6.18. The van der Waals surface area contributed by atoms with E-state index in [1.54, 1.807) is 0 Å². The zero-order valence-electron chi connectivity index (χ0n) is 29.5. The zero-order chi connectivity index (χ0) is 33.8. The molecule has 3 nitrogen and oxygen atoms in total. The van der Waals surface area contributed by atoms with E-state index in [1.165, 1.54) is 11.8 Å². The molecule has 3 heteroatoms. The molecule has 0 bridgehead atoms. The Kier molecular flexibility index (Phi) is 6.51. The third-order valence-corrected chi connectivity index (χ3v) is 8.62. The Bertz CT molecular complexity index is 2150. The number of aryl methyl sites for hydroxylation is 1. The molecule has 4 aromatic carbocycles. The van der Waals surface area contributed by atoms with Crippen molar-refractivity contribution in [3.05, 3.63) is 113 Å². The van der Waals surface area contributed by atoms with Crippen LogP contribution in [0.3, 0.4) is 0 Å². The Morgan fingerprint density at radius 3 is 2.07 bits per heavy atom. The second-order valence-corrected chi connectivity index (χ2v) is 13.3. The van der Waals surface area contributed by atoms with Crippen LogP contribution in [0.25, 0.3) is 55.4 Å². The summed E-state index contributed by atoms with van der Waals surface area (Å²) in [5.74, 6) is 0.320. The van der Waals surface area contributed by atoms with Crippen molar-refractivity contribution in [3.8, 4) is 39.6 Å². The Hall–Kier alpha value is -4.68. The minimum absolute atomic E-state index is 0.0678. The molecule has 2 aromatic heterocycles. The van der Waals surface area contributed by atoms with Crippen molar-refractivity contribution >= 4 is 21.9 Å². The van der Waals surface area contributed by atoms with Gasteiger partial charge in [0.15, 0.2) is 5.58 Å². The predicted octanol–water partition coefficient (Wildman–Crippen LogP) is 11.7. The van der Waals surface area contributed by atoms with Gasteiger partial charge in [-0.2, -0.15) is 5.26 Å². The number of benzene rings is 4. The second-order valence-electron chi connectivity index (χ2n) is 13.3. The van der Waals surface area contributed by atoms with E-state index in [1.807, 2.05) is 66.7 Å². The molecule has 44 heavy (non-hydrogen) atoms. The molecule has 0 amide bonds. The minimum atomic E-state index is -2.37. The number of nitriles is 1. The van der Waals surface area contributed by atoms with E-state index in [4.69, 9.17) is 13.5 Å². The minimum Gasteiger partial charge on any atom is -0.454 e. The van der Waals surface area contributed by atoms with Gasteiger partial charge in [-0.3, -0.25) is 4.98 Å². The van der Waals surface area contributed by atoms with Gasteiger partial charge in [0.25, 0.3) is 0 Å². The van der Waals surface area contributed by atoms with Gasteiger partial charge in [-0.25, -0.2) is 0 Å². The molecular weight excluding hydrogens is 536 g/mol. The molecular formula is C41H40N2O. The summed E-state index contributed by atoms with van der Waals surface area (Å²) < 4.78 is 32.1. The Labute approximate surface area is 265 Å². The first-order valence-corrected chi connectivity index (χ1v) is 15.3. The molecule has 220 valence electrons. The average molecular weight is 580 g/mol. The van der Waals surface area contributed by atoms with Gasteiger partial charge in [-0.05, 0) is 81.2 Å². The van der Waals surface area contributed by atoms with Crippen LogP contribution in [0.1, 0.15) is 92.2 Å². The third-order valence-electron chi connectivity index (χ3n) is 8.62. The predicted molar refractivity (Wildman–Crippen MR) is 184 cm³/mol. The third kappa shape index (κ3) is 4.99. The fraction of sp³-hybridized carbons (Fsp3) is 0.268. The molecule has 0 saturated heterocycles. The zero-order valence-corrected chi connectivity index (χ0v) is 26.5. The van der Waals surface area contributed by atoms with Crippen LogP contribution < -0.4 is 0 Å². The number of para-hydroxylation sites is 1. The summed E-state index contributed by atoms with van der Waals surface area (Å²) in [6.45, 7) is 12.9. The van der Waals surface area contributed by atoms with E-state index in [-0.39, 0.29) is 22.8 Å². The maximum atomic E-state index is 10.3. The van der Waals surface area contributed by atoms with E-state index < -0.39 is 6.85 Å². The molecule has 6 aromatic rings. The largest absolute Gasteiger partial charge is 0.454 e. The smallest absolute Gasteiger partial charge is 0.153 e. The van der Waals surface area contributed by atoms with Crippen LogP contribution >= 0.6 is 0 Å². The van der Waals surface area contributed by atoms with Crippen molar-refractivity contribution in [2.75, 3.05) is 0 Å². The number of hydrogen-bond acceptors (Lipinski definition) is 3. The van der Waals surface area contributed by atoms with Crippen LogP contribution in [0, 0.1) is 18.2 Å². The first kappa shape index (κ1) is 25.8. The summed E-state index contributed by atoms with van der Waals surface area (Å²) in [5, 5.41) is 12.0. The lowest BCUT2D eigenvalue weighted by atomic mass is 9.77. The normalized spacial score (nSPS) is 13.3. The summed E-state index contributed by atoms with van der Waals surface area (Å²) in [6.07, 6.45) is 1.51. The number of pyridine rings is 1. The van der Waals surface area contributed by atoms with Crippen LogP contribution in [0.4, 0.5) is 0 Å². The summed E-state index contributed by atoms with van der Waals surface area (Å²) >= 11 is 0. The molecule has 6 rings (SSSR count). The molecule has 0 unspecified atom stereocenters. The molecule has 0 fully saturated rings. The van der Waals surface area contributed by atoms with E-state index in [0.717, 1.165) is 44.2 Å². The van der Waals surface area contributed by atoms with Gasteiger partial charge in [-0.1, -0.05) is 109 Å². The lowest BCUT2D eigenvalue weighted by Gasteiger charge is -2.27. The number of hydrogen-bond donors (Lipinski definition) is 0. The van der Waals surface area contributed by atoms with Crippen molar-refractivity contribution in [2.24, 2.45) is 0 Å². The number of aromatic nitrogens is 1. The molecule has 0 radical (unpaired) electrons. The fourth-order valence-electron chi connectivity index (χ4n) is 6.18. The summed E-state index contributed by atoms with van der Waals surface area (Å²) in [6, 6.07) is 28.5. The number of nitrogens with zero attached hydrogens (tertiary/aromatic N) is 2. The summed E-state index contributed by atoms with van der Waals surface area (Å²) in [7, 11) is 0. The van der Waals surface area contributed by atoms with Gasteiger partial charge in [0.2, 0.25) is 0 Å². The Morgan fingerprint density at radius 1 is 0.773 bits per heavy atom. The number of fused-ring (bicyclic) bond motifs is 3. The highest BCUT2D eigenvalue weighted by Gasteiger charge is 2.24. The van der Waals surface area contributed by atoms with Gasteiger partial charge >= 0.3 is 0 Å². The van der Waals surface area contributed by atoms with Crippen LogP contribution in [0.5, 0.6) is 0 Å². The standard InChI is InChI=1S/C41H40N2O/c1-24(2)33-19-28(41(6,7)8)20-34(25(3)4)38(33)35-21-37(43-23-26(35)5)32-16-12-15-30-31-18-17-29(27-13-10-9-11-14-27)36(22-42)40(31)44-39(30)32/h9-21,23-25H,1-8H3/i5D3. The van der Waals surface area contributed by atoms with E-state index in [0.29, 0.717) is 28.0 Å². The van der Waals surface area contributed by atoms with Crippen molar-refractivity contribution in [1.29, 1.82) is 5.26 Å². The lowest BCUT2D eigenvalue weighted by molar-refractivity contribution is 0.587. The van der Waals surface area contributed by atoms with Gasteiger partial charge in [-0.15, -0.1) is 0 Å². The topological polar surface area (TPSA) is 49.8 Å². The second kappa shape index (κ2) is 11.1. The van der Waals surface area contributed by atoms with Crippen LogP contribution in [-0.2, 0) is 5.41 Å². The van der Waals surface area contributed by atoms with Crippen molar-refractivity contribution in [2.45, 2.75) is 72.6 Å². The van der Waals surface area contributed by atoms with Gasteiger partial charge in [0, 0.05) is 32.2 Å². The highest BCUT2D eigenvalue weighted by atomic mass is 16.3. The van der Waals surface area contributed by atoms with Crippen LogP contribution in [0.15, 0.2) is 89.5 Å². The molecule has 2 heterocycles. The van der Waals surface area contributed by atoms with Gasteiger partial charge in [0.05, 0.1) is 5.69 Å². The molecule has 0 aliphatic heterocycles. The van der Waals surface area contributed by atoms with Crippen LogP contribution in [0.2, 0.25) is 0 Å². The van der Waals surface area contributed by atoms with Crippen LogP contribution in [-0.4, -0.2) is 4.98 Å². The summed E-state index contributed by atoms with van der Waals surface area (Å²) in [5.41, 5.74) is 9.99. The first-order chi connectivity index (χ1) is 22.2. The van der Waals surface area contributed by atoms with Crippen molar-refractivity contribution in [3.63, 3.8) is 0 Å². The van der Waals surface area contributed by atoms with E-state index in [9.17, 15) is 5.26 Å². The molecule has 0 spiro atoms. The lowest BCUT2D eigenvalue weighted by Crippen LogP contribution is -2.14. The summed E-state index contributed by atoms with van der Waals surface area (Å²) in [4.78, 5) is 4.75. The highest BCUT2D eigenvalue weighted by molar-refractivity contribution is 6.12. The Balaban J connectivity index is 1.65. The van der Waals surface area contributed by atoms with E-state index in [2.05, 4.69) is 66.7 Å². The average Bonchev–Trinajstić information content (AvgIpc) is 3.42. The monoisotopic (exact) mass is 579 g/mol. The number of rotatable bonds is 5. The maximum Gasteiger partial charge on any atom is 0.153 e. The quantitative estimate of drug-likeness (QED) is 0.204. The molecule has 0 N–H and O–H groups in total. The van der Waals surface area contributed by atoms with Gasteiger partial charge < -0.3 is 4.42 Å². The molecule has 0 aliphatic rings. The highest BCUT2D eigenvalue weighted by Crippen LogP contribution is 2.43. The van der Waals surface area contributed by atoms with Gasteiger partial charge in [0.1, 0.15) is 17.2 Å². The molecule has 0 aliphatic carbocycles. The van der Waals surface area contributed by atoms with E-state index >= 15 is 0 Å². The maximum absolute atomic E-state index is 10.3. The first-order valence-electron chi connectivity index (χ1n) is 16.8. The SMILES string of the molecule is [2H]C([2H])([2H])c1cnc(-c2cccc3c2oc2c(C#N)c(-c4ccccc4)ccc23)cc1-c1c(C(C)C)cc(C(C)(C)C)cc1C(C)C. The molecule has 0 saturated carbocycles. The number of furan rings is 1. The van der Waals surface area contributed by atoms with Crippen molar-refractivity contribution < 1.29 is 8.53 Å². The Morgan fingerprint density at radius 2 is 1.45 bits per heavy atom.